The summed E-state index contributed by atoms with van der Waals surface area (Å²) in [6.45, 7) is 0. The Morgan fingerprint density at radius 1 is 0.545 bits per heavy atom. The molecule has 0 radical (unpaired) electrons. The Hall–Kier alpha value is -1.47. The molecule has 0 saturated heterocycles. The minimum Gasteiger partial charge on any atom is -0.182 e. The Bertz CT molecular complexity index is 590. The van der Waals surface area contributed by atoms with Crippen LogP contribution in [0.25, 0.3) is 0 Å². The van der Waals surface area contributed by atoms with Crippen LogP contribution in [-0.2, 0) is 0 Å². The van der Waals surface area contributed by atoms with E-state index in [-0.39, 0.29) is 17.0 Å². The first-order valence-electron chi connectivity index (χ1n) is 7.13. The van der Waals surface area contributed by atoms with Crippen molar-refractivity contribution in [2.24, 2.45) is 0 Å². The lowest BCUT2D eigenvalue weighted by molar-refractivity contribution is 1.26. The lowest BCUT2D eigenvalue weighted by atomic mass is 10.4. The van der Waals surface area contributed by atoms with Crippen LogP contribution in [0.1, 0.15) is 0 Å². The second kappa shape index (κ2) is 7.69. The van der Waals surface area contributed by atoms with Gasteiger partial charge in [-0.25, -0.2) is 0 Å². The summed E-state index contributed by atoms with van der Waals surface area (Å²) in [6, 6.07) is 32.3. The largest absolute Gasteiger partial charge is 0.182 e. The molecule has 1 N–H and O–H groups in total. The molecular formula is C19H20BrNP+. The molecule has 3 rings (SSSR count). The molecule has 3 aromatic rings. The van der Waals surface area contributed by atoms with E-state index in [1.807, 2.05) is 0 Å². The van der Waals surface area contributed by atoms with E-state index in [0.29, 0.717) is 0 Å². The molecule has 0 aliphatic rings. The Balaban J connectivity index is 0.00000176. The summed E-state index contributed by atoms with van der Waals surface area (Å²) in [4.78, 5) is 0. The van der Waals surface area contributed by atoms with E-state index in [0.717, 1.165) is 0 Å². The van der Waals surface area contributed by atoms with E-state index in [9.17, 15) is 0 Å². The van der Waals surface area contributed by atoms with Crippen molar-refractivity contribution in [3.8, 4) is 0 Å². The van der Waals surface area contributed by atoms with Crippen LogP contribution in [0.15, 0.2) is 91.0 Å². The van der Waals surface area contributed by atoms with E-state index in [4.69, 9.17) is 0 Å². The molecule has 0 amide bonds. The first kappa shape index (κ1) is 16.9. The minimum atomic E-state index is -1.78. The van der Waals surface area contributed by atoms with Crippen LogP contribution in [0, 0.1) is 0 Å². The van der Waals surface area contributed by atoms with Gasteiger partial charge in [-0.05, 0) is 36.4 Å². The van der Waals surface area contributed by atoms with Crippen LogP contribution < -0.4 is 21.0 Å². The molecule has 0 unspecified atom stereocenters. The van der Waals surface area contributed by atoms with Crippen molar-refractivity contribution in [2.45, 2.75) is 0 Å². The van der Waals surface area contributed by atoms with Crippen LogP contribution in [0.4, 0.5) is 0 Å². The van der Waals surface area contributed by atoms with Gasteiger partial charge in [-0.15, -0.1) is 17.0 Å². The maximum atomic E-state index is 3.68. The number of hydrogen-bond donors (Lipinski definition) is 1. The van der Waals surface area contributed by atoms with Gasteiger partial charge in [-0.3, -0.25) is 0 Å². The van der Waals surface area contributed by atoms with Gasteiger partial charge in [0.15, 0.2) is 7.41 Å². The number of nitrogens with one attached hydrogen (secondary N) is 1. The molecule has 0 spiro atoms. The molecule has 0 aliphatic carbocycles. The van der Waals surface area contributed by atoms with Crippen molar-refractivity contribution in [3.05, 3.63) is 91.0 Å². The monoisotopic (exact) mass is 372 g/mol. The predicted octanol–water partition coefficient (Wildman–Crippen LogP) is 3.69. The quantitative estimate of drug-likeness (QED) is 0.688. The van der Waals surface area contributed by atoms with E-state index in [1.54, 1.807) is 0 Å². The molecule has 0 bridgehead atoms. The first-order chi connectivity index (χ1) is 10.4. The average molecular weight is 373 g/mol. The smallest absolute Gasteiger partial charge is 0.178 e. The fraction of sp³-hybridized carbons (Fsp3) is 0.0526. The normalized spacial score (nSPS) is 10.8. The lowest BCUT2D eigenvalue weighted by Gasteiger charge is -2.26. The van der Waals surface area contributed by atoms with E-state index in [1.165, 1.54) is 15.9 Å². The van der Waals surface area contributed by atoms with Crippen molar-refractivity contribution < 1.29 is 0 Å². The second-order valence-electron chi connectivity index (χ2n) is 4.90. The molecule has 0 aliphatic heterocycles. The first-order valence-corrected chi connectivity index (χ1v) is 8.92. The molecule has 0 heterocycles. The second-order valence-corrected chi connectivity index (χ2v) is 8.24. The van der Waals surface area contributed by atoms with E-state index >= 15 is 0 Å². The van der Waals surface area contributed by atoms with Crippen LogP contribution in [0.5, 0.6) is 0 Å². The zero-order chi connectivity index (χ0) is 14.5. The number of hydrogen-bond acceptors (Lipinski definition) is 1. The SMILES string of the molecule is Br.CN[P+](c1ccccc1)(c1ccccc1)c1ccccc1. The van der Waals surface area contributed by atoms with Crippen LogP contribution in [-0.4, -0.2) is 7.05 Å². The summed E-state index contributed by atoms with van der Waals surface area (Å²) < 4.78 is 0. The number of halogens is 1. The Kier molecular flexibility index (Phi) is 5.90. The molecule has 0 saturated carbocycles. The molecule has 0 aromatic heterocycles. The lowest BCUT2D eigenvalue weighted by Crippen LogP contribution is -2.38. The molecule has 3 aromatic carbocycles. The molecule has 112 valence electrons. The van der Waals surface area contributed by atoms with E-state index < -0.39 is 7.41 Å². The zero-order valence-corrected chi connectivity index (χ0v) is 15.1. The third kappa shape index (κ3) is 3.01. The molecule has 0 fully saturated rings. The van der Waals surface area contributed by atoms with Crippen molar-refractivity contribution >= 4 is 40.3 Å². The highest BCUT2D eigenvalue weighted by molar-refractivity contribution is 8.93. The van der Waals surface area contributed by atoms with Crippen molar-refractivity contribution in [2.75, 3.05) is 7.05 Å². The summed E-state index contributed by atoms with van der Waals surface area (Å²) in [7, 11) is 0.286. The third-order valence-corrected chi connectivity index (χ3v) is 7.65. The highest BCUT2D eigenvalue weighted by atomic mass is 79.9. The highest BCUT2D eigenvalue weighted by Crippen LogP contribution is 2.50. The van der Waals surface area contributed by atoms with Crippen LogP contribution in [0.2, 0.25) is 0 Å². The summed E-state index contributed by atoms with van der Waals surface area (Å²) in [5.74, 6) is 0. The number of rotatable bonds is 4. The van der Waals surface area contributed by atoms with Gasteiger partial charge in [0, 0.05) is 7.05 Å². The van der Waals surface area contributed by atoms with E-state index in [2.05, 4.69) is 103 Å². The molecular weight excluding hydrogens is 353 g/mol. The van der Waals surface area contributed by atoms with Gasteiger partial charge in [0.05, 0.1) is 0 Å². The highest BCUT2D eigenvalue weighted by Gasteiger charge is 2.44. The molecule has 3 heteroatoms. The van der Waals surface area contributed by atoms with Gasteiger partial charge in [0.25, 0.3) is 0 Å². The van der Waals surface area contributed by atoms with Crippen molar-refractivity contribution in [1.29, 1.82) is 0 Å². The summed E-state index contributed by atoms with van der Waals surface area (Å²) in [5.41, 5.74) is 0. The summed E-state index contributed by atoms with van der Waals surface area (Å²) >= 11 is 0. The molecule has 1 nitrogen and oxygen atoms in total. The number of benzene rings is 3. The third-order valence-electron chi connectivity index (χ3n) is 3.77. The van der Waals surface area contributed by atoms with Crippen molar-refractivity contribution in [3.63, 3.8) is 0 Å². The fourth-order valence-electron chi connectivity index (χ4n) is 2.79. The Morgan fingerprint density at radius 3 is 1.05 bits per heavy atom. The van der Waals surface area contributed by atoms with Gasteiger partial charge in [0.1, 0.15) is 15.9 Å². The Labute approximate surface area is 143 Å². The van der Waals surface area contributed by atoms with Gasteiger partial charge < -0.3 is 0 Å². The van der Waals surface area contributed by atoms with Gasteiger partial charge in [-0.2, -0.15) is 5.09 Å². The fourth-order valence-corrected chi connectivity index (χ4v) is 6.32. The predicted molar refractivity (Wildman–Crippen MR) is 105 cm³/mol. The minimum absolute atomic E-state index is 0. The Morgan fingerprint density at radius 2 is 0.818 bits per heavy atom. The molecule has 0 atom stereocenters. The topological polar surface area (TPSA) is 12.0 Å². The standard InChI is InChI=1S/C19H19NP.BrH/c1-20-21(17-11-5-2-6-12-17,18-13-7-3-8-14-18)19-15-9-4-10-16-19;/h2-16,20H,1H3;1H/q+1;. The van der Waals surface area contributed by atoms with Crippen molar-refractivity contribution in [1.82, 2.24) is 5.09 Å². The van der Waals surface area contributed by atoms with Gasteiger partial charge in [-0.1, -0.05) is 54.6 Å². The van der Waals surface area contributed by atoms with Gasteiger partial charge in [0.2, 0.25) is 0 Å². The zero-order valence-electron chi connectivity index (χ0n) is 12.5. The summed E-state index contributed by atoms with van der Waals surface area (Å²) in [5, 5.41) is 7.73. The van der Waals surface area contributed by atoms with Crippen LogP contribution >= 0.6 is 24.4 Å². The average Bonchev–Trinajstić information content (AvgIpc) is 2.59. The van der Waals surface area contributed by atoms with Gasteiger partial charge >= 0.3 is 0 Å². The maximum Gasteiger partial charge on any atom is 0.178 e. The summed E-state index contributed by atoms with van der Waals surface area (Å²) in [6.07, 6.45) is 0. The van der Waals surface area contributed by atoms with Crippen LogP contribution in [0.3, 0.4) is 0 Å². The molecule has 22 heavy (non-hydrogen) atoms. The maximum absolute atomic E-state index is 3.68.